The molecule has 2 heterocycles. The van der Waals surface area contributed by atoms with E-state index in [1.54, 1.807) is 0 Å². The van der Waals surface area contributed by atoms with Crippen LogP contribution in [0.25, 0.3) is 21.9 Å². The Labute approximate surface area is 257 Å². The number of nitrogens with zero attached hydrogens (tertiary/aromatic N) is 2. The van der Waals surface area contributed by atoms with Crippen LogP contribution in [0, 0.1) is 0 Å². The number of benzene rings is 4. The summed E-state index contributed by atoms with van der Waals surface area (Å²) in [5, 5.41) is 13.1. The van der Waals surface area contributed by atoms with Crippen molar-refractivity contribution in [1.29, 1.82) is 0 Å². The molecule has 1 atom stereocenters. The number of hydrogen-bond acceptors (Lipinski definition) is 4. The van der Waals surface area contributed by atoms with Gasteiger partial charge >= 0.3 is 6.18 Å². The van der Waals surface area contributed by atoms with Crippen molar-refractivity contribution in [2.24, 2.45) is 0 Å². The van der Waals surface area contributed by atoms with Crippen molar-refractivity contribution in [3.63, 3.8) is 0 Å². The summed E-state index contributed by atoms with van der Waals surface area (Å²) < 4.78 is 39.6. The minimum absolute atomic E-state index is 0.0869. The van der Waals surface area contributed by atoms with Crippen molar-refractivity contribution in [1.82, 2.24) is 14.9 Å². The Morgan fingerprint density at radius 2 is 1.71 bits per heavy atom. The summed E-state index contributed by atoms with van der Waals surface area (Å²) in [5.41, 5.74) is 2.37. The number of carbonyl (C=O) groups excluding carboxylic acids is 1. The maximum Gasteiger partial charge on any atom is 0.416 e. The Hall–Kier alpha value is -4.76. The molecule has 0 saturated heterocycles. The number of fused-ring (bicyclic) bond motifs is 2. The summed E-state index contributed by atoms with van der Waals surface area (Å²) >= 11 is 0. The van der Waals surface area contributed by atoms with Crippen molar-refractivity contribution in [2.75, 3.05) is 6.54 Å². The van der Waals surface area contributed by atoms with E-state index in [0.29, 0.717) is 29.9 Å². The maximum absolute atomic E-state index is 13.5. The van der Waals surface area contributed by atoms with Crippen molar-refractivity contribution in [3.8, 4) is 11.1 Å². The lowest BCUT2D eigenvalue weighted by atomic mass is 9.90. The van der Waals surface area contributed by atoms with Crippen molar-refractivity contribution < 1.29 is 23.1 Å². The Morgan fingerprint density at radius 3 is 2.51 bits per heavy atom. The quantitative estimate of drug-likeness (QED) is 0.232. The second-order valence-corrected chi connectivity index (χ2v) is 11.9. The van der Waals surface area contributed by atoms with Crippen molar-refractivity contribution in [3.05, 3.63) is 135 Å². The Balaban J connectivity index is 1.17. The number of aliphatic hydroxyl groups is 1. The third-order valence-electron chi connectivity index (χ3n) is 9.09. The van der Waals surface area contributed by atoms with Crippen LogP contribution < -0.4 is 5.56 Å². The molecule has 0 radical (unpaired) electrons. The minimum Gasteiger partial charge on any atom is -0.378 e. The average molecular weight is 610 g/mol. The highest BCUT2D eigenvalue weighted by molar-refractivity contribution is 5.96. The van der Waals surface area contributed by atoms with Crippen LogP contribution in [0.4, 0.5) is 13.2 Å². The Bertz CT molecular complexity index is 1990. The highest BCUT2D eigenvalue weighted by atomic mass is 19.4. The minimum atomic E-state index is -4.60. The van der Waals surface area contributed by atoms with Crippen LogP contribution in [0.5, 0.6) is 0 Å². The number of aromatic amines is 1. The van der Waals surface area contributed by atoms with E-state index in [9.17, 15) is 27.9 Å². The zero-order valence-electron chi connectivity index (χ0n) is 24.3. The summed E-state index contributed by atoms with van der Waals surface area (Å²) in [7, 11) is 0. The zero-order chi connectivity index (χ0) is 31.3. The predicted molar refractivity (Wildman–Crippen MR) is 164 cm³/mol. The molecule has 0 bridgehead atoms. The Kier molecular flexibility index (Phi) is 7.08. The smallest absolute Gasteiger partial charge is 0.378 e. The van der Waals surface area contributed by atoms with E-state index in [-0.39, 0.29) is 24.2 Å². The Morgan fingerprint density at radius 1 is 0.956 bits per heavy atom. The highest BCUT2D eigenvalue weighted by Crippen LogP contribution is 2.52. The summed E-state index contributed by atoms with van der Waals surface area (Å²) in [4.78, 5) is 36.1. The first-order valence-electron chi connectivity index (χ1n) is 15.0. The van der Waals surface area contributed by atoms with Gasteiger partial charge in [-0.05, 0) is 70.8 Å². The van der Waals surface area contributed by atoms with Gasteiger partial charge in [0.05, 0.1) is 28.8 Å². The molecule has 6 nitrogen and oxygen atoms in total. The molecule has 1 saturated carbocycles. The standard InChI is InChI=1S/C36H30F3N3O3/c37-36(38,39)26-12-4-10-24(20-26)31(43)33(45)42-18-6-15-30-29(21-42)32(44)41-34(40-30)35(16-17-35)25-11-3-9-23(19-25)28-14-5-8-22-7-1-2-13-27(22)28/h1-5,7-14,19-20,31,43H,6,15-18,21H2,(H,40,41,44)/t31-/m1/s1. The number of hydrogen-bond donors (Lipinski definition) is 2. The average Bonchev–Trinajstić information content (AvgIpc) is 3.88. The van der Waals surface area contributed by atoms with Gasteiger partial charge in [-0.2, -0.15) is 13.2 Å². The van der Waals surface area contributed by atoms with Gasteiger partial charge in [0.2, 0.25) is 0 Å². The molecule has 7 rings (SSSR count). The first-order valence-corrected chi connectivity index (χ1v) is 15.0. The number of amides is 1. The van der Waals surface area contributed by atoms with Crippen LogP contribution in [0.1, 0.15) is 59.1 Å². The van der Waals surface area contributed by atoms with E-state index in [4.69, 9.17) is 4.98 Å². The van der Waals surface area contributed by atoms with E-state index in [0.717, 1.165) is 58.5 Å². The molecule has 9 heteroatoms. The second-order valence-electron chi connectivity index (χ2n) is 11.9. The molecule has 228 valence electrons. The van der Waals surface area contributed by atoms with Gasteiger partial charge in [-0.3, -0.25) is 9.59 Å². The van der Waals surface area contributed by atoms with Crippen LogP contribution in [0.3, 0.4) is 0 Å². The van der Waals surface area contributed by atoms with Crippen LogP contribution in [0.2, 0.25) is 0 Å². The normalized spacial score (nSPS) is 16.6. The first kappa shape index (κ1) is 29.0. The molecule has 0 spiro atoms. The summed E-state index contributed by atoms with van der Waals surface area (Å²) in [5.74, 6) is -0.153. The van der Waals surface area contributed by atoms with E-state index in [1.807, 2.05) is 18.2 Å². The van der Waals surface area contributed by atoms with Gasteiger partial charge in [-0.15, -0.1) is 0 Å². The maximum atomic E-state index is 13.5. The molecule has 45 heavy (non-hydrogen) atoms. The molecule has 1 fully saturated rings. The van der Waals surface area contributed by atoms with Crippen molar-refractivity contribution >= 4 is 16.7 Å². The zero-order valence-corrected chi connectivity index (χ0v) is 24.3. The van der Waals surface area contributed by atoms with Gasteiger partial charge in [0.25, 0.3) is 11.5 Å². The molecule has 2 N–H and O–H groups in total. The molecule has 5 aromatic rings. The molecule has 1 aliphatic carbocycles. The lowest BCUT2D eigenvalue weighted by Crippen LogP contribution is -2.36. The molecule has 2 aliphatic rings. The monoisotopic (exact) mass is 609 g/mol. The van der Waals surface area contributed by atoms with Crippen molar-refractivity contribution in [2.45, 2.75) is 49.9 Å². The fourth-order valence-electron chi connectivity index (χ4n) is 6.49. The number of aromatic nitrogens is 2. The van der Waals surface area contributed by atoms with Crippen LogP contribution in [-0.4, -0.2) is 32.4 Å². The van der Waals surface area contributed by atoms with Crippen LogP contribution in [-0.2, 0) is 29.4 Å². The first-order chi connectivity index (χ1) is 21.6. The predicted octanol–water partition coefficient (Wildman–Crippen LogP) is 6.70. The number of nitrogens with one attached hydrogen (secondary N) is 1. The van der Waals surface area contributed by atoms with E-state index in [1.165, 1.54) is 11.0 Å². The largest absolute Gasteiger partial charge is 0.416 e. The molecule has 1 amide bonds. The number of halogens is 3. The molecule has 1 aliphatic heterocycles. The fraction of sp³-hybridized carbons (Fsp3) is 0.250. The lowest BCUT2D eigenvalue weighted by Gasteiger charge is -2.24. The van der Waals surface area contributed by atoms with Crippen LogP contribution >= 0.6 is 0 Å². The lowest BCUT2D eigenvalue weighted by molar-refractivity contribution is -0.142. The molecular weight excluding hydrogens is 579 g/mol. The van der Waals surface area contributed by atoms with Gasteiger partial charge in [-0.1, -0.05) is 78.9 Å². The summed E-state index contributed by atoms with van der Waals surface area (Å²) in [6.45, 7) is 0.147. The van der Waals surface area contributed by atoms with Gasteiger partial charge < -0.3 is 15.0 Å². The molecule has 4 aromatic carbocycles. The second kappa shape index (κ2) is 11.0. The number of carbonyl (C=O) groups is 1. The van der Waals surface area contributed by atoms with Crippen LogP contribution in [0.15, 0.2) is 95.8 Å². The highest BCUT2D eigenvalue weighted by Gasteiger charge is 2.49. The summed E-state index contributed by atoms with van der Waals surface area (Å²) in [6.07, 6.45) is -3.77. The molecule has 1 aromatic heterocycles. The molecular formula is C36H30F3N3O3. The van der Waals surface area contributed by atoms with Gasteiger partial charge in [0.1, 0.15) is 5.82 Å². The van der Waals surface area contributed by atoms with E-state index >= 15 is 0 Å². The SMILES string of the molecule is O=C([C@H](O)c1cccc(C(F)(F)F)c1)N1CCCc2nc(C3(c4cccc(-c5cccc6ccccc56)c4)CC3)[nH]c(=O)c2C1. The van der Waals surface area contributed by atoms with Gasteiger partial charge in [0.15, 0.2) is 6.10 Å². The number of H-pyrrole nitrogens is 1. The van der Waals surface area contributed by atoms with E-state index in [2.05, 4.69) is 53.5 Å². The number of rotatable bonds is 5. The third kappa shape index (κ3) is 5.31. The third-order valence-corrected chi connectivity index (χ3v) is 9.09. The summed E-state index contributed by atoms with van der Waals surface area (Å²) in [6, 6.07) is 27.0. The van der Waals surface area contributed by atoms with Gasteiger partial charge in [-0.25, -0.2) is 4.98 Å². The van der Waals surface area contributed by atoms with E-state index < -0.39 is 29.2 Å². The molecule has 0 unspecified atom stereocenters. The van der Waals surface area contributed by atoms with Gasteiger partial charge in [0, 0.05) is 6.54 Å². The number of alkyl halides is 3. The fourth-order valence-corrected chi connectivity index (χ4v) is 6.49. The number of aliphatic hydroxyl groups excluding tert-OH is 1. The topological polar surface area (TPSA) is 86.3 Å². The number of aryl methyl sites for hydroxylation is 1.